The van der Waals surface area contributed by atoms with Crippen LogP contribution in [0.4, 0.5) is 10.1 Å². The third kappa shape index (κ3) is 4.89. The molecule has 23 heavy (non-hydrogen) atoms. The van der Waals surface area contributed by atoms with Gasteiger partial charge in [0, 0.05) is 10.6 Å². The molecule has 0 fully saturated rings. The van der Waals surface area contributed by atoms with Gasteiger partial charge in [-0.25, -0.2) is 4.39 Å². The van der Waals surface area contributed by atoms with E-state index in [-0.39, 0.29) is 11.9 Å². The lowest BCUT2D eigenvalue weighted by Gasteiger charge is -2.24. The number of nitrogens with one attached hydrogen (secondary N) is 3. The van der Waals surface area contributed by atoms with Gasteiger partial charge in [-0.3, -0.25) is 0 Å². The number of thiocarbonyl (C=S) groups is 1. The Balaban J connectivity index is 2.01. The molecule has 0 unspecified atom stereocenters. The first-order valence-electron chi connectivity index (χ1n) is 7.33. The zero-order chi connectivity index (χ0) is 16.8. The normalized spacial score (nSPS) is 12.0. The number of rotatable bonds is 5. The molecule has 0 aromatic heterocycles. The number of para-hydroxylation sites is 1. The lowest BCUT2D eigenvalue weighted by molar-refractivity contribution is -0.890. The van der Waals surface area contributed by atoms with Crippen molar-refractivity contribution in [3.63, 3.8) is 0 Å². The summed E-state index contributed by atoms with van der Waals surface area (Å²) in [6.07, 6.45) is 0. The van der Waals surface area contributed by atoms with Gasteiger partial charge in [0.25, 0.3) is 0 Å². The first kappa shape index (κ1) is 17.7. The summed E-state index contributed by atoms with van der Waals surface area (Å²) in [6.45, 7) is 0.590. The van der Waals surface area contributed by atoms with Crippen LogP contribution in [0, 0.1) is 5.82 Å². The Bertz CT molecular complexity index is 678. The molecule has 0 saturated heterocycles. The van der Waals surface area contributed by atoms with Gasteiger partial charge in [-0.1, -0.05) is 41.9 Å². The van der Waals surface area contributed by atoms with E-state index >= 15 is 0 Å². The molecule has 2 rings (SSSR count). The van der Waals surface area contributed by atoms with Crippen molar-refractivity contribution in [3.8, 4) is 0 Å². The Kier molecular flexibility index (Phi) is 6.33. The summed E-state index contributed by atoms with van der Waals surface area (Å²) in [7, 11) is 4.12. The standard InChI is InChI=1S/C17H19ClFN3S/c1-22(2)16(12-7-3-4-8-13(12)18)11-20-17(23)21-15-10-6-5-9-14(15)19/h3-10,16H,11H2,1-2H3,(H2,20,21,23)/p+1/t16-/m0/s1. The molecule has 2 aromatic rings. The maximum Gasteiger partial charge on any atom is 0.171 e. The van der Waals surface area contributed by atoms with E-state index in [1.54, 1.807) is 18.2 Å². The zero-order valence-electron chi connectivity index (χ0n) is 13.1. The van der Waals surface area contributed by atoms with Gasteiger partial charge in [-0.05, 0) is 30.4 Å². The summed E-state index contributed by atoms with van der Waals surface area (Å²) in [5.74, 6) is -0.336. The number of halogens is 2. The molecule has 0 spiro atoms. The molecule has 6 heteroatoms. The Morgan fingerprint density at radius 2 is 1.83 bits per heavy atom. The van der Waals surface area contributed by atoms with Crippen LogP contribution in [0.5, 0.6) is 0 Å². The highest BCUT2D eigenvalue weighted by Gasteiger charge is 2.20. The highest BCUT2D eigenvalue weighted by Crippen LogP contribution is 2.20. The van der Waals surface area contributed by atoms with Crippen molar-refractivity contribution in [1.82, 2.24) is 5.32 Å². The summed E-state index contributed by atoms with van der Waals surface area (Å²) in [5, 5.41) is 7.13. The van der Waals surface area contributed by atoms with Gasteiger partial charge in [0.1, 0.15) is 11.9 Å². The topological polar surface area (TPSA) is 28.5 Å². The second-order valence-corrected chi connectivity index (χ2v) is 6.28. The van der Waals surface area contributed by atoms with Gasteiger partial charge in [0.15, 0.2) is 5.11 Å². The summed E-state index contributed by atoms with van der Waals surface area (Å²) in [6, 6.07) is 14.3. The quantitative estimate of drug-likeness (QED) is 0.722. The maximum atomic E-state index is 13.6. The predicted octanol–water partition coefficient (Wildman–Crippen LogP) is 2.65. The molecule has 122 valence electrons. The third-order valence-electron chi connectivity index (χ3n) is 3.57. The average Bonchev–Trinajstić information content (AvgIpc) is 2.51. The Labute approximate surface area is 146 Å². The van der Waals surface area contributed by atoms with E-state index in [1.165, 1.54) is 11.0 Å². The minimum atomic E-state index is -0.336. The Hall–Kier alpha value is -1.69. The number of benzene rings is 2. The minimum Gasteiger partial charge on any atom is -0.356 e. The van der Waals surface area contributed by atoms with E-state index in [1.807, 2.05) is 24.3 Å². The first-order chi connectivity index (χ1) is 11.0. The van der Waals surface area contributed by atoms with Gasteiger partial charge in [0.2, 0.25) is 0 Å². The largest absolute Gasteiger partial charge is 0.356 e. The van der Waals surface area contributed by atoms with Crippen molar-refractivity contribution in [2.75, 3.05) is 26.0 Å². The number of hydrogen-bond acceptors (Lipinski definition) is 1. The van der Waals surface area contributed by atoms with Crippen molar-refractivity contribution in [1.29, 1.82) is 0 Å². The van der Waals surface area contributed by atoms with Crippen molar-refractivity contribution in [2.24, 2.45) is 0 Å². The lowest BCUT2D eigenvalue weighted by atomic mass is 10.1. The number of likely N-dealkylation sites (N-methyl/N-ethyl adjacent to an activating group) is 1. The summed E-state index contributed by atoms with van der Waals surface area (Å²) in [4.78, 5) is 1.22. The summed E-state index contributed by atoms with van der Waals surface area (Å²) < 4.78 is 13.6. The summed E-state index contributed by atoms with van der Waals surface area (Å²) in [5.41, 5.74) is 1.41. The van der Waals surface area contributed by atoms with E-state index in [9.17, 15) is 4.39 Å². The number of anilines is 1. The van der Waals surface area contributed by atoms with Crippen LogP contribution < -0.4 is 15.5 Å². The number of hydrogen-bond donors (Lipinski definition) is 3. The molecule has 0 heterocycles. The molecular formula is C17H20ClFN3S+. The fourth-order valence-electron chi connectivity index (χ4n) is 2.31. The van der Waals surface area contributed by atoms with E-state index in [2.05, 4.69) is 24.7 Å². The smallest absolute Gasteiger partial charge is 0.171 e. The van der Waals surface area contributed by atoms with Crippen LogP contribution in [0.3, 0.4) is 0 Å². The van der Waals surface area contributed by atoms with Crippen LogP contribution in [-0.2, 0) is 0 Å². The molecule has 0 aliphatic heterocycles. The average molecular weight is 353 g/mol. The second-order valence-electron chi connectivity index (χ2n) is 5.47. The van der Waals surface area contributed by atoms with Crippen LogP contribution >= 0.6 is 23.8 Å². The fourth-order valence-corrected chi connectivity index (χ4v) is 2.77. The molecule has 3 N–H and O–H groups in total. The van der Waals surface area contributed by atoms with Crippen molar-refractivity contribution in [2.45, 2.75) is 6.04 Å². The fraction of sp³-hybridized carbons (Fsp3) is 0.235. The monoisotopic (exact) mass is 352 g/mol. The molecule has 0 bridgehead atoms. The van der Waals surface area contributed by atoms with Crippen LogP contribution in [0.1, 0.15) is 11.6 Å². The van der Waals surface area contributed by atoms with Crippen LogP contribution in [-0.4, -0.2) is 25.8 Å². The Morgan fingerprint density at radius 1 is 1.17 bits per heavy atom. The molecule has 1 atom stereocenters. The summed E-state index contributed by atoms with van der Waals surface area (Å²) >= 11 is 11.5. The predicted molar refractivity (Wildman–Crippen MR) is 97.6 cm³/mol. The van der Waals surface area contributed by atoms with Crippen molar-refractivity contribution in [3.05, 3.63) is 64.9 Å². The van der Waals surface area contributed by atoms with E-state index in [0.29, 0.717) is 17.3 Å². The van der Waals surface area contributed by atoms with Gasteiger partial charge >= 0.3 is 0 Å². The number of quaternary nitrogens is 1. The lowest BCUT2D eigenvalue weighted by Crippen LogP contribution is -3.07. The minimum absolute atomic E-state index is 0.129. The van der Waals surface area contributed by atoms with E-state index in [4.69, 9.17) is 23.8 Å². The SMILES string of the molecule is C[NH+](C)[C@@H](CNC(=S)Nc1ccccc1F)c1ccccc1Cl. The molecule has 3 nitrogen and oxygen atoms in total. The second kappa shape index (κ2) is 8.24. The molecule has 0 amide bonds. The van der Waals surface area contributed by atoms with Gasteiger partial charge < -0.3 is 15.5 Å². The molecule has 0 saturated carbocycles. The van der Waals surface area contributed by atoms with Gasteiger partial charge in [-0.15, -0.1) is 0 Å². The molecule has 0 aliphatic carbocycles. The highest BCUT2D eigenvalue weighted by atomic mass is 35.5. The van der Waals surface area contributed by atoms with Crippen molar-refractivity contribution >= 4 is 34.6 Å². The first-order valence-corrected chi connectivity index (χ1v) is 8.11. The van der Waals surface area contributed by atoms with E-state index in [0.717, 1.165) is 10.6 Å². The van der Waals surface area contributed by atoms with Crippen LogP contribution in [0.25, 0.3) is 0 Å². The van der Waals surface area contributed by atoms with Crippen molar-refractivity contribution < 1.29 is 9.29 Å². The van der Waals surface area contributed by atoms with Crippen LogP contribution in [0.15, 0.2) is 48.5 Å². The zero-order valence-corrected chi connectivity index (χ0v) is 14.6. The van der Waals surface area contributed by atoms with Crippen LogP contribution in [0.2, 0.25) is 5.02 Å². The highest BCUT2D eigenvalue weighted by molar-refractivity contribution is 7.80. The van der Waals surface area contributed by atoms with Gasteiger partial charge in [0.05, 0.1) is 26.3 Å². The van der Waals surface area contributed by atoms with E-state index < -0.39 is 0 Å². The molecular weight excluding hydrogens is 333 g/mol. The molecule has 0 aliphatic rings. The Morgan fingerprint density at radius 3 is 2.48 bits per heavy atom. The molecule has 0 radical (unpaired) electrons. The third-order valence-corrected chi connectivity index (χ3v) is 4.16. The molecule has 2 aromatic carbocycles. The maximum absolute atomic E-state index is 13.6. The van der Waals surface area contributed by atoms with Gasteiger partial charge in [-0.2, -0.15) is 0 Å².